The van der Waals surface area contributed by atoms with Crippen molar-refractivity contribution in [2.75, 3.05) is 5.32 Å². The van der Waals surface area contributed by atoms with E-state index in [9.17, 15) is 0 Å². The molecule has 3 aromatic carbocycles. The number of hydrogen-bond acceptors (Lipinski definition) is 2. The lowest BCUT2D eigenvalue weighted by Gasteiger charge is -2.27. The van der Waals surface area contributed by atoms with Gasteiger partial charge in [0.15, 0.2) is 11.5 Å². The van der Waals surface area contributed by atoms with Crippen LogP contribution in [0.3, 0.4) is 0 Å². The second kappa shape index (κ2) is 7.94. The van der Waals surface area contributed by atoms with Gasteiger partial charge in [0.1, 0.15) is 0 Å². The van der Waals surface area contributed by atoms with Crippen LogP contribution in [0.4, 0.5) is 5.82 Å². The molecule has 1 aliphatic heterocycles. The summed E-state index contributed by atoms with van der Waals surface area (Å²) >= 11 is 6.66. The average Bonchev–Trinajstić information content (AvgIpc) is 3.22. The summed E-state index contributed by atoms with van der Waals surface area (Å²) in [5.74, 6) is 0.487. The number of anilines is 1. The molecular formula is C26H21ClN4. The van der Waals surface area contributed by atoms with Gasteiger partial charge in [-0.1, -0.05) is 85.6 Å². The Morgan fingerprint density at radius 1 is 1.03 bits per heavy atom. The molecule has 1 unspecified atom stereocenters. The lowest BCUT2D eigenvalue weighted by Crippen LogP contribution is -2.18. The van der Waals surface area contributed by atoms with E-state index in [0.29, 0.717) is 10.7 Å². The maximum Gasteiger partial charge on any atom is 0.196 e. The van der Waals surface area contributed by atoms with Gasteiger partial charge in [-0.3, -0.25) is 5.10 Å². The summed E-state index contributed by atoms with van der Waals surface area (Å²) in [6.07, 6.45) is 1.72. The molecule has 4 nitrogen and oxygen atoms in total. The number of allylic oxidation sites excluding steroid dienone is 2. The van der Waals surface area contributed by atoms with Crippen molar-refractivity contribution in [2.24, 2.45) is 0 Å². The van der Waals surface area contributed by atoms with E-state index >= 15 is 0 Å². The average molecular weight is 425 g/mol. The van der Waals surface area contributed by atoms with E-state index in [1.807, 2.05) is 36.4 Å². The Bertz CT molecular complexity index is 1350. The van der Waals surface area contributed by atoms with Crippen molar-refractivity contribution in [3.05, 3.63) is 106 Å². The van der Waals surface area contributed by atoms with E-state index < -0.39 is 0 Å². The molecule has 152 valence electrons. The summed E-state index contributed by atoms with van der Waals surface area (Å²) in [4.78, 5) is 3.99. The third-order valence-electron chi connectivity index (χ3n) is 5.84. The van der Waals surface area contributed by atoms with Gasteiger partial charge in [0.05, 0.1) is 18.2 Å². The highest BCUT2D eigenvalue weighted by Gasteiger charge is 2.35. The molecule has 0 fully saturated rings. The largest absolute Gasteiger partial charge is 0.352 e. The number of halogens is 1. The Hall–Kier alpha value is -3.55. The minimum Gasteiger partial charge on any atom is -0.352 e. The first-order chi connectivity index (χ1) is 15.2. The fraction of sp³-hybridized carbons (Fsp3) is 0.154. The molecular weight excluding hydrogens is 404 g/mol. The van der Waals surface area contributed by atoms with Crippen molar-refractivity contribution in [3.63, 3.8) is 0 Å². The molecule has 0 saturated carbocycles. The predicted molar refractivity (Wildman–Crippen MR) is 127 cm³/mol. The fourth-order valence-electron chi connectivity index (χ4n) is 4.48. The molecule has 0 radical (unpaired) electrons. The smallest absolute Gasteiger partial charge is 0.196 e. The van der Waals surface area contributed by atoms with Crippen LogP contribution in [-0.4, -0.2) is 10.2 Å². The van der Waals surface area contributed by atoms with Gasteiger partial charge in [0, 0.05) is 21.8 Å². The SMILES string of the molecule is [C-]#[N+]C1=C(CCC)Nc2n[nH]c(-c3cccc4ccccc34)c2C1c1ccccc1Cl. The third kappa shape index (κ3) is 3.19. The van der Waals surface area contributed by atoms with Gasteiger partial charge in [-0.05, 0) is 28.8 Å². The van der Waals surface area contributed by atoms with E-state index in [0.717, 1.165) is 57.5 Å². The van der Waals surface area contributed by atoms with Crippen LogP contribution in [0.2, 0.25) is 5.02 Å². The summed E-state index contributed by atoms with van der Waals surface area (Å²) in [5.41, 5.74) is 5.48. The lowest BCUT2D eigenvalue weighted by molar-refractivity contribution is 0.845. The zero-order chi connectivity index (χ0) is 21.4. The Labute approximate surface area is 186 Å². The quantitative estimate of drug-likeness (QED) is 0.336. The molecule has 0 bridgehead atoms. The van der Waals surface area contributed by atoms with Crippen molar-refractivity contribution >= 4 is 28.2 Å². The summed E-state index contributed by atoms with van der Waals surface area (Å²) in [6, 6.07) is 22.4. The number of hydrogen-bond donors (Lipinski definition) is 2. The number of rotatable bonds is 4. The van der Waals surface area contributed by atoms with Crippen molar-refractivity contribution in [3.8, 4) is 11.3 Å². The highest BCUT2D eigenvalue weighted by Crippen LogP contribution is 2.48. The van der Waals surface area contributed by atoms with Gasteiger partial charge < -0.3 is 5.32 Å². The van der Waals surface area contributed by atoms with Gasteiger partial charge in [0.2, 0.25) is 0 Å². The number of aromatic amines is 1. The summed E-state index contributed by atoms with van der Waals surface area (Å²) < 4.78 is 0. The lowest BCUT2D eigenvalue weighted by atomic mass is 9.83. The maximum absolute atomic E-state index is 8.01. The molecule has 1 aromatic heterocycles. The molecule has 31 heavy (non-hydrogen) atoms. The molecule has 2 N–H and O–H groups in total. The molecule has 5 heteroatoms. The molecule has 5 rings (SSSR count). The molecule has 0 aliphatic carbocycles. The first-order valence-electron chi connectivity index (χ1n) is 10.4. The van der Waals surface area contributed by atoms with Crippen LogP contribution in [0.1, 0.15) is 36.8 Å². The Kier molecular flexibility index (Phi) is 4.97. The number of H-pyrrole nitrogens is 1. The fourth-order valence-corrected chi connectivity index (χ4v) is 4.72. The van der Waals surface area contributed by atoms with Crippen LogP contribution < -0.4 is 5.32 Å². The standard InChI is InChI=1S/C26H21ClN4/c1-3-9-21-25(28-2)22(19-13-6-7-15-20(19)27)23-24(30-31-26(23)29-21)18-14-8-11-16-10-4-5-12-17(16)18/h4-8,10-15,22H,3,9H2,1H3,(H2,29,30,31). The van der Waals surface area contributed by atoms with E-state index in [-0.39, 0.29) is 5.92 Å². The van der Waals surface area contributed by atoms with Gasteiger partial charge in [-0.15, -0.1) is 0 Å². The van der Waals surface area contributed by atoms with Crippen molar-refractivity contribution in [2.45, 2.75) is 25.7 Å². The van der Waals surface area contributed by atoms with Crippen LogP contribution in [0, 0.1) is 6.57 Å². The minimum atomic E-state index is -0.281. The molecule has 0 saturated heterocycles. The zero-order valence-electron chi connectivity index (χ0n) is 17.1. The van der Waals surface area contributed by atoms with E-state index in [1.54, 1.807) is 0 Å². The Balaban J connectivity index is 1.80. The van der Waals surface area contributed by atoms with Crippen LogP contribution in [-0.2, 0) is 0 Å². The summed E-state index contributed by atoms with van der Waals surface area (Å²) in [6.45, 7) is 10.1. The second-order valence-corrected chi connectivity index (χ2v) is 8.10. The van der Waals surface area contributed by atoms with Gasteiger partial charge in [0.25, 0.3) is 0 Å². The highest BCUT2D eigenvalue weighted by atomic mass is 35.5. The number of fused-ring (bicyclic) bond motifs is 2. The van der Waals surface area contributed by atoms with E-state index in [2.05, 4.69) is 57.6 Å². The monoisotopic (exact) mass is 424 g/mol. The number of aromatic nitrogens is 2. The van der Waals surface area contributed by atoms with Crippen molar-refractivity contribution in [1.29, 1.82) is 0 Å². The van der Waals surface area contributed by atoms with E-state index in [1.165, 1.54) is 0 Å². The molecule has 2 heterocycles. The van der Waals surface area contributed by atoms with Crippen LogP contribution in [0.25, 0.3) is 26.9 Å². The first kappa shape index (κ1) is 19.4. The number of nitrogens with one attached hydrogen (secondary N) is 2. The highest BCUT2D eigenvalue weighted by molar-refractivity contribution is 6.31. The Morgan fingerprint density at radius 3 is 2.61 bits per heavy atom. The van der Waals surface area contributed by atoms with Crippen LogP contribution >= 0.6 is 11.6 Å². The van der Waals surface area contributed by atoms with Gasteiger partial charge in [-0.25, -0.2) is 4.85 Å². The van der Waals surface area contributed by atoms with E-state index in [4.69, 9.17) is 18.2 Å². The number of nitrogens with zero attached hydrogens (tertiary/aromatic N) is 2. The van der Waals surface area contributed by atoms with Gasteiger partial charge in [-0.2, -0.15) is 5.10 Å². The summed E-state index contributed by atoms with van der Waals surface area (Å²) in [7, 11) is 0. The van der Waals surface area contributed by atoms with Crippen molar-refractivity contribution < 1.29 is 0 Å². The Morgan fingerprint density at radius 2 is 1.81 bits per heavy atom. The van der Waals surface area contributed by atoms with Crippen molar-refractivity contribution in [1.82, 2.24) is 10.2 Å². The molecule has 0 amide bonds. The molecule has 1 atom stereocenters. The first-order valence-corrected chi connectivity index (χ1v) is 10.8. The minimum absolute atomic E-state index is 0.281. The normalized spacial score (nSPS) is 15.5. The molecule has 1 aliphatic rings. The molecule has 0 spiro atoms. The van der Waals surface area contributed by atoms with Crippen LogP contribution in [0.15, 0.2) is 78.1 Å². The predicted octanol–water partition coefficient (Wildman–Crippen LogP) is 7.37. The van der Waals surface area contributed by atoms with Gasteiger partial charge >= 0.3 is 0 Å². The second-order valence-electron chi connectivity index (χ2n) is 7.69. The summed E-state index contributed by atoms with van der Waals surface area (Å²) in [5, 5.41) is 14.3. The topological polar surface area (TPSA) is 45.1 Å². The molecule has 4 aromatic rings. The number of benzene rings is 3. The van der Waals surface area contributed by atoms with Crippen LogP contribution in [0.5, 0.6) is 0 Å². The maximum atomic E-state index is 8.01. The third-order valence-corrected chi connectivity index (χ3v) is 6.18. The zero-order valence-corrected chi connectivity index (χ0v) is 17.9.